The first kappa shape index (κ1) is 23.9. The summed E-state index contributed by atoms with van der Waals surface area (Å²) in [4.78, 5) is 37.6. The number of alkyl halides is 2. The maximum Gasteiger partial charge on any atom is 0.407 e. The number of rotatable bonds is 6. The van der Waals surface area contributed by atoms with E-state index < -0.39 is 12.0 Å². The summed E-state index contributed by atoms with van der Waals surface area (Å²) < 4.78 is 35.0. The highest BCUT2D eigenvalue weighted by Gasteiger charge is 2.39. The first-order chi connectivity index (χ1) is 17.2. The highest BCUT2D eigenvalue weighted by Crippen LogP contribution is 2.36. The summed E-state index contributed by atoms with van der Waals surface area (Å²) in [5.41, 5.74) is 1.24. The van der Waals surface area contributed by atoms with Crippen molar-refractivity contribution in [3.8, 4) is 0 Å². The highest BCUT2D eigenvalue weighted by atomic mass is 19.3. The highest BCUT2D eigenvalue weighted by molar-refractivity contribution is 5.79. The molecule has 0 bridgehead atoms. The predicted molar refractivity (Wildman–Crippen MR) is 129 cm³/mol. The summed E-state index contributed by atoms with van der Waals surface area (Å²) in [6, 6.07) is 2.89. The fraction of sp³-hybridized carbons (Fsp3) is 0.522. The number of halogens is 2. The van der Waals surface area contributed by atoms with Crippen LogP contribution in [0.4, 0.5) is 31.2 Å². The van der Waals surface area contributed by atoms with Crippen molar-refractivity contribution >= 4 is 34.7 Å². The van der Waals surface area contributed by atoms with E-state index >= 15 is 0 Å². The molecule has 0 aliphatic heterocycles. The van der Waals surface area contributed by atoms with Crippen molar-refractivity contribution in [1.82, 2.24) is 29.4 Å². The lowest BCUT2D eigenvalue weighted by atomic mass is 10.2. The number of hydrogen-bond acceptors (Lipinski definition) is 8. The number of alkyl carbamates (subject to hydrolysis) is 1. The Bertz CT molecular complexity index is 1340. The molecule has 2 saturated carbocycles. The van der Waals surface area contributed by atoms with E-state index in [1.807, 2.05) is 0 Å². The molecular formula is C23H28F2N8O3. The Labute approximate surface area is 205 Å². The van der Waals surface area contributed by atoms with E-state index in [1.54, 1.807) is 34.5 Å². The van der Waals surface area contributed by atoms with E-state index in [4.69, 9.17) is 4.74 Å². The second-order valence-corrected chi connectivity index (χ2v) is 9.40. The number of nitrogens with zero attached hydrogens (tertiary/aromatic N) is 5. The second kappa shape index (κ2) is 9.36. The van der Waals surface area contributed by atoms with Gasteiger partial charge in [-0.2, -0.15) is 4.98 Å². The van der Waals surface area contributed by atoms with Gasteiger partial charge in [-0.3, -0.25) is 9.13 Å². The Hall–Kier alpha value is -3.77. The summed E-state index contributed by atoms with van der Waals surface area (Å²) in [7, 11) is 3.02. The van der Waals surface area contributed by atoms with Crippen molar-refractivity contribution in [1.29, 1.82) is 0 Å². The summed E-state index contributed by atoms with van der Waals surface area (Å²) in [5.74, 6) is -1.48. The van der Waals surface area contributed by atoms with Gasteiger partial charge in [0.1, 0.15) is 11.6 Å². The van der Waals surface area contributed by atoms with Crippen LogP contribution in [-0.4, -0.2) is 55.3 Å². The van der Waals surface area contributed by atoms with Crippen molar-refractivity contribution in [3.63, 3.8) is 0 Å². The number of fused-ring (bicyclic) bond motifs is 1. The van der Waals surface area contributed by atoms with E-state index in [9.17, 15) is 18.4 Å². The Kier molecular flexibility index (Phi) is 6.22. The number of carbonyl (C=O) groups excluding carboxylic acids is 1. The number of ether oxygens (including phenoxy) is 1. The van der Waals surface area contributed by atoms with Crippen LogP contribution in [0.3, 0.4) is 0 Å². The van der Waals surface area contributed by atoms with Gasteiger partial charge in [0.25, 0.3) is 0 Å². The van der Waals surface area contributed by atoms with Crippen LogP contribution in [0.15, 0.2) is 29.3 Å². The molecule has 2 aliphatic carbocycles. The van der Waals surface area contributed by atoms with Gasteiger partial charge in [0.15, 0.2) is 0 Å². The number of amides is 1. The summed E-state index contributed by atoms with van der Waals surface area (Å²) in [6.45, 7) is 0. The number of hydrogen-bond donors (Lipinski definition) is 3. The minimum Gasteiger partial charge on any atom is -0.453 e. The Balaban J connectivity index is 1.36. The third-order valence-electron chi connectivity index (χ3n) is 6.90. The molecule has 3 atom stereocenters. The SMILES string of the molecule is COC(=O)N[C@@H]1CC[C@@H](n2c(=O)n(C)c3cnc(Nc4ccnc(NC5CCC(F)(F)C5)n4)cc32)C1. The van der Waals surface area contributed by atoms with Crippen molar-refractivity contribution in [2.75, 3.05) is 17.7 Å². The van der Waals surface area contributed by atoms with E-state index in [2.05, 4.69) is 30.9 Å². The topological polar surface area (TPSA) is 128 Å². The molecule has 13 heteroatoms. The second-order valence-electron chi connectivity index (χ2n) is 9.40. The zero-order valence-corrected chi connectivity index (χ0v) is 20.0. The van der Waals surface area contributed by atoms with Gasteiger partial charge >= 0.3 is 11.8 Å². The van der Waals surface area contributed by atoms with Gasteiger partial charge in [-0.05, 0) is 31.7 Å². The molecule has 0 radical (unpaired) electrons. The number of pyridine rings is 1. The molecule has 3 N–H and O–H groups in total. The zero-order chi connectivity index (χ0) is 25.4. The van der Waals surface area contributed by atoms with Crippen LogP contribution in [0.2, 0.25) is 0 Å². The number of imidazole rings is 1. The van der Waals surface area contributed by atoms with E-state index in [0.717, 1.165) is 12.8 Å². The van der Waals surface area contributed by atoms with E-state index in [1.165, 1.54) is 13.3 Å². The van der Waals surface area contributed by atoms with Gasteiger partial charge in [0, 0.05) is 50.3 Å². The van der Waals surface area contributed by atoms with Crippen LogP contribution in [-0.2, 0) is 11.8 Å². The molecule has 0 aromatic carbocycles. The predicted octanol–water partition coefficient (Wildman–Crippen LogP) is 3.32. The molecule has 2 fully saturated rings. The summed E-state index contributed by atoms with van der Waals surface area (Å²) >= 11 is 0. The van der Waals surface area contributed by atoms with Crippen molar-refractivity contribution in [3.05, 3.63) is 35.0 Å². The van der Waals surface area contributed by atoms with Crippen LogP contribution in [0.1, 0.15) is 44.6 Å². The minimum atomic E-state index is -2.66. The molecule has 3 heterocycles. The monoisotopic (exact) mass is 502 g/mol. The molecule has 0 spiro atoms. The smallest absolute Gasteiger partial charge is 0.407 e. The molecular weight excluding hydrogens is 474 g/mol. The number of aryl methyl sites for hydroxylation is 1. The average Bonchev–Trinajstić information content (AvgIpc) is 3.50. The normalized spacial score (nSPS) is 23.1. The first-order valence-corrected chi connectivity index (χ1v) is 11.9. The molecule has 2 aliphatic rings. The van der Waals surface area contributed by atoms with Crippen molar-refractivity contribution in [2.24, 2.45) is 7.05 Å². The molecule has 3 aromatic rings. The maximum absolute atomic E-state index is 13.5. The van der Waals surface area contributed by atoms with Gasteiger partial charge < -0.3 is 20.7 Å². The van der Waals surface area contributed by atoms with Gasteiger partial charge in [-0.25, -0.2) is 28.3 Å². The Morgan fingerprint density at radius 2 is 2.00 bits per heavy atom. The first-order valence-electron chi connectivity index (χ1n) is 11.9. The third kappa shape index (κ3) is 4.82. The zero-order valence-electron chi connectivity index (χ0n) is 20.0. The fourth-order valence-corrected chi connectivity index (χ4v) is 5.11. The molecule has 1 unspecified atom stereocenters. The molecule has 11 nitrogen and oxygen atoms in total. The largest absolute Gasteiger partial charge is 0.453 e. The lowest BCUT2D eigenvalue weighted by molar-refractivity contribution is 0.00850. The van der Waals surface area contributed by atoms with Gasteiger partial charge in [-0.15, -0.1) is 0 Å². The van der Waals surface area contributed by atoms with Gasteiger partial charge in [0.05, 0.1) is 24.3 Å². The quantitative estimate of drug-likeness (QED) is 0.468. The number of nitrogens with one attached hydrogen (secondary N) is 3. The third-order valence-corrected chi connectivity index (χ3v) is 6.90. The minimum absolute atomic E-state index is 0.0733. The molecule has 1 amide bonds. The molecule has 5 rings (SSSR count). The fourth-order valence-electron chi connectivity index (χ4n) is 5.11. The van der Waals surface area contributed by atoms with Crippen LogP contribution in [0, 0.1) is 0 Å². The molecule has 36 heavy (non-hydrogen) atoms. The van der Waals surface area contributed by atoms with Gasteiger partial charge in [0.2, 0.25) is 11.9 Å². The van der Waals surface area contributed by atoms with Gasteiger partial charge in [-0.1, -0.05) is 0 Å². The number of methoxy groups -OCH3 is 1. The number of anilines is 3. The summed E-state index contributed by atoms with van der Waals surface area (Å²) in [5, 5.41) is 8.91. The Morgan fingerprint density at radius 3 is 2.75 bits per heavy atom. The molecule has 0 saturated heterocycles. The number of aromatic nitrogens is 5. The molecule has 192 valence electrons. The maximum atomic E-state index is 13.5. The lowest BCUT2D eigenvalue weighted by Crippen LogP contribution is -2.33. The van der Waals surface area contributed by atoms with Crippen LogP contribution >= 0.6 is 0 Å². The van der Waals surface area contributed by atoms with Crippen LogP contribution in [0.25, 0.3) is 11.0 Å². The van der Waals surface area contributed by atoms with E-state index in [0.29, 0.717) is 35.5 Å². The number of carbonyl (C=O) groups is 1. The van der Waals surface area contributed by atoms with Crippen LogP contribution < -0.4 is 21.6 Å². The average molecular weight is 503 g/mol. The van der Waals surface area contributed by atoms with Crippen molar-refractivity contribution in [2.45, 2.75) is 62.6 Å². The van der Waals surface area contributed by atoms with Crippen molar-refractivity contribution < 1.29 is 18.3 Å². The summed E-state index contributed by atoms with van der Waals surface area (Å²) in [6.07, 6.45) is 4.73. The van der Waals surface area contributed by atoms with E-state index in [-0.39, 0.29) is 42.6 Å². The molecule has 3 aromatic heterocycles. The van der Waals surface area contributed by atoms with Crippen LogP contribution in [0.5, 0.6) is 0 Å². The standard InChI is InChI=1S/C23H28F2N8O3/c1-32-17-12-27-19(30-18-6-8-26-20(31-18)28-14-5-7-23(24,25)11-14)10-16(17)33(22(32)35)15-4-3-13(9-15)29-21(34)36-2/h6,8,10,12-15H,3-5,7,9,11H2,1-2H3,(H,29,34)(H2,26,27,28,30,31)/t13-,14?,15-/m1/s1. The Morgan fingerprint density at radius 1 is 1.17 bits per heavy atom. The lowest BCUT2D eigenvalue weighted by Gasteiger charge is -2.15.